The van der Waals surface area contributed by atoms with Crippen molar-refractivity contribution >= 4 is 12.4 Å². The lowest BCUT2D eigenvalue weighted by Crippen LogP contribution is -1.99. The Morgan fingerprint density at radius 2 is 1.00 bits per heavy atom. The monoisotopic (exact) mass is 95.1 g/mol. The predicted octanol–water partition coefficient (Wildman–Crippen LogP) is 0.600. The molecule has 0 spiro atoms. The van der Waals surface area contributed by atoms with Crippen molar-refractivity contribution in [2.45, 2.75) is 0 Å². The largest absolute Gasteiger partial charge is 0.312 e. The second kappa shape index (κ2) is 4.25. The summed E-state index contributed by atoms with van der Waals surface area (Å²) in [4.78, 5) is 2.00. The Bertz CT molecular complexity index is 11.6. The van der Waals surface area contributed by atoms with Gasteiger partial charge in [0.1, 0.15) is 0 Å². The summed E-state index contributed by atoms with van der Waals surface area (Å²) >= 11 is 0. The first-order chi connectivity index (χ1) is 1.73. The normalized spacial score (nSPS) is 7.20. The number of hydrogen-bond acceptors (Lipinski definition) is 1. The fraction of sp³-hybridized carbons (Fsp3) is 1.00. The molecule has 0 fully saturated rings. The maximum absolute atomic E-state index is 2.00. The van der Waals surface area contributed by atoms with Gasteiger partial charge in [-0.25, -0.2) is 0 Å². The van der Waals surface area contributed by atoms with Crippen molar-refractivity contribution in [1.29, 1.82) is 0 Å². The molecule has 0 atom stereocenters. The van der Waals surface area contributed by atoms with Crippen LogP contribution in [-0.2, 0) is 0 Å². The zero-order valence-electron chi connectivity index (χ0n) is 3.86. The van der Waals surface area contributed by atoms with Gasteiger partial charge in [-0.05, 0) is 21.1 Å². The predicted molar refractivity (Wildman–Crippen MR) is 26.9 cm³/mol. The topological polar surface area (TPSA) is 3.24 Å². The van der Waals surface area contributed by atoms with Crippen molar-refractivity contribution in [2.24, 2.45) is 0 Å². The summed E-state index contributed by atoms with van der Waals surface area (Å²) in [5.41, 5.74) is 0. The third-order valence-corrected chi connectivity index (χ3v) is 0. The summed E-state index contributed by atoms with van der Waals surface area (Å²) in [6, 6.07) is 0. The molecule has 0 aliphatic carbocycles. The summed E-state index contributed by atoms with van der Waals surface area (Å²) in [5.74, 6) is 0. The van der Waals surface area contributed by atoms with Gasteiger partial charge in [0, 0.05) is 0 Å². The van der Waals surface area contributed by atoms with E-state index in [9.17, 15) is 0 Å². The highest BCUT2D eigenvalue weighted by atomic mass is 35.5. The molecule has 0 bridgehead atoms. The van der Waals surface area contributed by atoms with E-state index < -0.39 is 0 Å². The van der Waals surface area contributed by atoms with Crippen molar-refractivity contribution < 1.29 is 0 Å². The van der Waals surface area contributed by atoms with E-state index in [2.05, 4.69) is 0 Å². The van der Waals surface area contributed by atoms with Crippen molar-refractivity contribution in [3.8, 4) is 0 Å². The van der Waals surface area contributed by atoms with Crippen molar-refractivity contribution in [1.82, 2.24) is 4.90 Å². The molecule has 1 nitrogen and oxygen atoms in total. The molecule has 0 rings (SSSR count). The van der Waals surface area contributed by atoms with E-state index in [-0.39, 0.29) is 12.4 Å². The molecule has 0 saturated carbocycles. The highest BCUT2D eigenvalue weighted by molar-refractivity contribution is 5.85. The van der Waals surface area contributed by atoms with Crippen molar-refractivity contribution in [3.63, 3.8) is 0 Å². The highest BCUT2D eigenvalue weighted by Crippen LogP contribution is 1.47. The Morgan fingerprint density at radius 3 is 1.00 bits per heavy atom. The van der Waals surface area contributed by atoms with Gasteiger partial charge in [-0.1, -0.05) is 0 Å². The van der Waals surface area contributed by atoms with Crippen LogP contribution in [0.15, 0.2) is 0 Å². The van der Waals surface area contributed by atoms with Crippen LogP contribution in [0.2, 0.25) is 0 Å². The molecule has 0 aromatic heterocycles. The van der Waals surface area contributed by atoms with E-state index in [1.165, 1.54) is 0 Å². The third kappa shape index (κ3) is 344. The maximum atomic E-state index is 2.00. The Kier molecular flexibility index (Phi) is 7.63. The number of rotatable bonds is 0. The first-order valence-electron chi connectivity index (χ1n) is 1.34. The van der Waals surface area contributed by atoms with Crippen LogP contribution in [0.3, 0.4) is 0 Å². The summed E-state index contributed by atoms with van der Waals surface area (Å²) in [7, 11) is 6.00. The first-order valence-corrected chi connectivity index (χ1v) is 1.34. The Balaban J connectivity index is 0. The van der Waals surface area contributed by atoms with Crippen LogP contribution in [0, 0.1) is 0 Å². The zero-order valence-corrected chi connectivity index (χ0v) is 4.67. The lowest BCUT2D eigenvalue weighted by molar-refractivity contribution is 0.505. The molecule has 5 heavy (non-hydrogen) atoms. The molecule has 0 aromatic rings. The van der Waals surface area contributed by atoms with Gasteiger partial charge in [-0.15, -0.1) is 12.4 Å². The molecule has 0 unspecified atom stereocenters. The molecular formula is C3H10ClN. The average molecular weight is 95.6 g/mol. The van der Waals surface area contributed by atoms with Gasteiger partial charge in [0.25, 0.3) is 0 Å². The van der Waals surface area contributed by atoms with Crippen LogP contribution in [0.1, 0.15) is 0 Å². The molecule has 0 N–H and O–H groups in total. The van der Waals surface area contributed by atoms with Crippen LogP contribution in [0.25, 0.3) is 0 Å². The SMILES string of the molecule is CN(C)C.Cl. The van der Waals surface area contributed by atoms with E-state index in [0.717, 1.165) is 0 Å². The van der Waals surface area contributed by atoms with Gasteiger partial charge in [-0.3, -0.25) is 0 Å². The maximum Gasteiger partial charge on any atom is -0.0140 e. The van der Waals surface area contributed by atoms with E-state index in [0.29, 0.717) is 0 Å². The van der Waals surface area contributed by atoms with Crippen LogP contribution in [0.4, 0.5) is 0 Å². The van der Waals surface area contributed by atoms with Gasteiger partial charge >= 0.3 is 0 Å². The summed E-state index contributed by atoms with van der Waals surface area (Å²) in [6.45, 7) is 0. The fourth-order valence-electron chi connectivity index (χ4n) is 0. The van der Waals surface area contributed by atoms with Gasteiger partial charge in [0.15, 0.2) is 0 Å². The van der Waals surface area contributed by atoms with E-state index in [1.807, 2.05) is 26.0 Å². The van der Waals surface area contributed by atoms with Crippen LogP contribution >= 0.6 is 12.4 Å². The van der Waals surface area contributed by atoms with Gasteiger partial charge < -0.3 is 4.90 Å². The van der Waals surface area contributed by atoms with Crippen molar-refractivity contribution in [2.75, 3.05) is 21.1 Å². The average Bonchev–Trinajstić information content (AvgIpc) is 0.811. The molecule has 0 amide bonds. The lowest BCUT2D eigenvalue weighted by atomic mass is 11.0. The standard InChI is InChI=1S/C3H9N.ClH/c1-4(2)3;/h1-3H3;1H. The highest BCUT2D eigenvalue weighted by Gasteiger charge is 1.58. The minimum Gasteiger partial charge on any atom is -0.312 e. The Hall–Kier alpha value is 0.250. The minimum atomic E-state index is 0. The Morgan fingerprint density at radius 1 is 1.00 bits per heavy atom. The molecule has 0 aromatic carbocycles. The second-order valence-corrected chi connectivity index (χ2v) is 1.34. The molecule has 0 aliphatic rings. The zero-order chi connectivity index (χ0) is 3.58. The van der Waals surface area contributed by atoms with Crippen LogP contribution in [-0.4, -0.2) is 26.0 Å². The van der Waals surface area contributed by atoms with Crippen molar-refractivity contribution in [3.05, 3.63) is 0 Å². The number of halogens is 1. The van der Waals surface area contributed by atoms with E-state index >= 15 is 0 Å². The first kappa shape index (κ1) is 8.98. The number of nitrogens with zero attached hydrogens (tertiary/aromatic N) is 1. The fourth-order valence-corrected chi connectivity index (χ4v) is 0. The Labute approximate surface area is 39.4 Å². The lowest BCUT2D eigenvalue weighted by Gasteiger charge is -1.90. The van der Waals surface area contributed by atoms with Crippen LogP contribution < -0.4 is 0 Å². The summed E-state index contributed by atoms with van der Waals surface area (Å²) in [6.07, 6.45) is 0. The molecular weight excluding hydrogens is 85.5 g/mol. The van der Waals surface area contributed by atoms with E-state index in [4.69, 9.17) is 0 Å². The van der Waals surface area contributed by atoms with Gasteiger partial charge in [0.05, 0.1) is 0 Å². The van der Waals surface area contributed by atoms with E-state index in [1.54, 1.807) is 0 Å². The second-order valence-electron chi connectivity index (χ2n) is 1.34. The summed E-state index contributed by atoms with van der Waals surface area (Å²) in [5, 5.41) is 0. The number of hydrogen-bond donors (Lipinski definition) is 0. The summed E-state index contributed by atoms with van der Waals surface area (Å²) < 4.78 is 0. The smallest absolute Gasteiger partial charge is 0.0140 e. The molecule has 0 radical (unpaired) electrons. The van der Waals surface area contributed by atoms with Gasteiger partial charge in [-0.2, -0.15) is 0 Å². The molecule has 2 heteroatoms. The molecule has 0 heterocycles. The molecule has 0 aliphatic heterocycles. The van der Waals surface area contributed by atoms with Gasteiger partial charge in [0.2, 0.25) is 0 Å². The minimum absolute atomic E-state index is 0. The van der Waals surface area contributed by atoms with Crippen LogP contribution in [0.5, 0.6) is 0 Å². The quantitative estimate of drug-likeness (QED) is 0.426. The molecule has 34 valence electrons. The molecule has 0 saturated heterocycles. The third-order valence-electron chi connectivity index (χ3n) is 0.